The zero-order valence-corrected chi connectivity index (χ0v) is 34.2. The molecule has 290 valence electrons. The van der Waals surface area contributed by atoms with E-state index in [4.69, 9.17) is 4.74 Å². The second kappa shape index (κ2) is 17.7. The Bertz CT molecular complexity index is 2680. The Hall–Kier alpha value is -6.94. The Morgan fingerprint density at radius 2 is 1.14 bits per heavy atom. The lowest BCUT2D eigenvalue weighted by Crippen LogP contribution is -2.11. The van der Waals surface area contributed by atoms with Gasteiger partial charge in [-0.3, -0.25) is 0 Å². The molecule has 0 atom stereocenters. The molecule has 59 heavy (non-hydrogen) atoms. The van der Waals surface area contributed by atoms with Gasteiger partial charge in [-0.15, -0.1) is 0 Å². The number of benzene rings is 8. The van der Waals surface area contributed by atoms with E-state index in [1.165, 1.54) is 49.7 Å². The second-order valence-corrected chi connectivity index (χ2v) is 15.1. The van der Waals surface area contributed by atoms with Crippen LogP contribution in [0.15, 0.2) is 182 Å². The number of anilines is 3. The predicted molar refractivity (Wildman–Crippen MR) is 250 cm³/mol. The van der Waals surface area contributed by atoms with Crippen molar-refractivity contribution in [3.8, 4) is 5.75 Å². The minimum atomic E-state index is -0.0183. The first-order valence-corrected chi connectivity index (χ1v) is 20.3. The average Bonchev–Trinajstić information content (AvgIpc) is 3.29. The van der Waals surface area contributed by atoms with Gasteiger partial charge < -0.3 is 14.7 Å². The molecule has 3 nitrogen and oxygen atoms in total. The lowest BCUT2D eigenvalue weighted by molar-refractivity contribution is 0.282. The third-order valence-electron chi connectivity index (χ3n) is 11.0. The molecular weight excluding hydrogens is 719 g/mol. The zero-order valence-electron chi connectivity index (χ0n) is 34.2. The third kappa shape index (κ3) is 8.67. The van der Waals surface area contributed by atoms with Crippen LogP contribution in [-0.2, 0) is 13.0 Å². The van der Waals surface area contributed by atoms with Crippen molar-refractivity contribution < 1.29 is 9.84 Å². The molecule has 0 aliphatic rings. The molecule has 0 fully saturated rings. The molecule has 0 saturated carbocycles. The van der Waals surface area contributed by atoms with Crippen LogP contribution < -0.4 is 9.64 Å². The second-order valence-electron chi connectivity index (χ2n) is 15.1. The summed E-state index contributed by atoms with van der Waals surface area (Å²) >= 11 is 0. The maximum atomic E-state index is 9.97. The molecule has 0 aliphatic heterocycles. The summed E-state index contributed by atoms with van der Waals surface area (Å²) in [5.41, 5.74) is 16.8. The summed E-state index contributed by atoms with van der Waals surface area (Å²) < 4.78 is 5.61. The van der Waals surface area contributed by atoms with E-state index < -0.39 is 0 Å². The molecule has 0 radical (unpaired) electrons. The van der Waals surface area contributed by atoms with Gasteiger partial charge in [-0.2, -0.15) is 0 Å². The monoisotopic (exact) mass is 767 g/mol. The van der Waals surface area contributed by atoms with Gasteiger partial charge in [-0.1, -0.05) is 152 Å². The standard InChI is InChI=1S/C56H49NO2/c1-5-41-11-9-15-50(34-41)57(49-30-23-42(24-31-49)35-54(46-13-8-12-43(33-46)38-58)47-14-10-16-51(36-47)59-4)56-32-29-48(52-17-6-7-18-53(52)56)37-55(44-25-19-39(2)20-26-44)45-27-21-40(3)22-28-45/h6-37,58H,5,38H2,1-4H3. The number of nitrogens with zero attached hydrogens (tertiary/aromatic N) is 1. The number of ether oxygens (including phenoxy) is 1. The summed E-state index contributed by atoms with van der Waals surface area (Å²) in [5.74, 6) is 0.794. The molecule has 8 rings (SSSR count). The molecule has 0 saturated heterocycles. The molecule has 0 aromatic heterocycles. The van der Waals surface area contributed by atoms with E-state index >= 15 is 0 Å². The van der Waals surface area contributed by atoms with Crippen LogP contribution in [0.4, 0.5) is 17.1 Å². The van der Waals surface area contributed by atoms with E-state index in [1.54, 1.807) is 7.11 Å². The van der Waals surface area contributed by atoms with Gasteiger partial charge in [0, 0.05) is 16.8 Å². The highest BCUT2D eigenvalue weighted by Crippen LogP contribution is 2.42. The molecule has 0 bridgehead atoms. The molecule has 1 N–H and O–H groups in total. The SMILES string of the molecule is CCc1cccc(N(c2ccc(C=C(c3cccc(CO)c3)c3cccc(OC)c3)cc2)c2ccc(C=C(c3ccc(C)cc3)c3ccc(C)cc3)c3ccccc23)c1. The minimum Gasteiger partial charge on any atom is -0.497 e. The number of hydrogen-bond acceptors (Lipinski definition) is 3. The highest BCUT2D eigenvalue weighted by atomic mass is 16.5. The number of fused-ring (bicyclic) bond motifs is 1. The predicted octanol–water partition coefficient (Wildman–Crippen LogP) is 14.2. The number of hydrogen-bond donors (Lipinski definition) is 1. The summed E-state index contributed by atoms with van der Waals surface area (Å²) in [7, 11) is 1.69. The number of rotatable bonds is 12. The van der Waals surface area contributed by atoms with E-state index in [0.717, 1.165) is 57.1 Å². The van der Waals surface area contributed by atoms with E-state index in [0.29, 0.717) is 0 Å². The van der Waals surface area contributed by atoms with Gasteiger partial charge in [-0.25, -0.2) is 0 Å². The first kappa shape index (κ1) is 38.9. The highest BCUT2D eigenvalue weighted by Gasteiger charge is 2.18. The smallest absolute Gasteiger partial charge is 0.119 e. The zero-order chi connectivity index (χ0) is 40.7. The van der Waals surface area contributed by atoms with Crippen LogP contribution in [0.5, 0.6) is 5.75 Å². The molecule has 8 aromatic rings. The molecule has 8 aromatic carbocycles. The largest absolute Gasteiger partial charge is 0.497 e. The van der Waals surface area contributed by atoms with Crippen LogP contribution in [0, 0.1) is 13.8 Å². The summed E-state index contributed by atoms with van der Waals surface area (Å²) in [6.45, 7) is 6.46. The van der Waals surface area contributed by atoms with Gasteiger partial charge in [0.15, 0.2) is 0 Å². The molecule has 0 heterocycles. The van der Waals surface area contributed by atoms with Crippen LogP contribution >= 0.6 is 0 Å². The van der Waals surface area contributed by atoms with Crippen molar-refractivity contribution in [1.82, 2.24) is 0 Å². The number of methoxy groups -OCH3 is 1. The maximum absolute atomic E-state index is 9.97. The molecule has 3 heteroatoms. The van der Waals surface area contributed by atoms with Crippen LogP contribution in [0.1, 0.15) is 62.6 Å². The Kier molecular flexibility index (Phi) is 11.7. The lowest BCUT2D eigenvalue weighted by atomic mass is 9.92. The van der Waals surface area contributed by atoms with Crippen molar-refractivity contribution in [1.29, 1.82) is 0 Å². The Morgan fingerprint density at radius 3 is 1.80 bits per heavy atom. The van der Waals surface area contributed by atoms with Gasteiger partial charge in [-0.05, 0) is 142 Å². The summed E-state index contributed by atoms with van der Waals surface area (Å²) in [5, 5.41) is 12.3. The van der Waals surface area contributed by atoms with Gasteiger partial charge in [0.2, 0.25) is 0 Å². The number of aliphatic hydroxyl groups excluding tert-OH is 1. The van der Waals surface area contributed by atoms with E-state index in [2.05, 4.69) is 196 Å². The van der Waals surface area contributed by atoms with Crippen molar-refractivity contribution in [2.24, 2.45) is 0 Å². The molecular formula is C56H49NO2. The van der Waals surface area contributed by atoms with Crippen molar-refractivity contribution in [2.75, 3.05) is 12.0 Å². The lowest BCUT2D eigenvalue weighted by Gasteiger charge is -2.28. The van der Waals surface area contributed by atoms with Crippen LogP contribution in [-0.4, -0.2) is 12.2 Å². The fourth-order valence-corrected chi connectivity index (χ4v) is 7.77. The Morgan fingerprint density at radius 1 is 0.525 bits per heavy atom. The fraction of sp³-hybridized carbons (Fsp3) is 0.107. The Balaban J connectivity index is 1.26. The van der Waals surface area contributed by atoms with Crippen molar-refractivity contribution in [3.05, 3.63) is 238 Å². The topological polar surface area (TPSA) is 32.7 Å². The average molecular weight is 768 g/mol. The maximum Gasteiger partial charge on any atom is 0.119 e. The summed E-state index contributed by atoms with van der Waals surface area (Å²) in [6.07, 6.45) is 5.51. The molecule has 0 aliphatic carbocycles. The molecule has 0 unspecified atom stereocenters. The van der Waals surface area contributed by atoms with Crippen LogP contribution in [0.3, 0.4) is 0 Å². The first-order valence-electron chi connectivity index (χ1n) is 20.3. The Labute approximate surface area is 348 Å². The van der Waals surface area contributed by atoms with Gasteiger partial charge in [0.25, 0.3) is 0 Å². The van der Waals surface area contributed by atoms with E-state index in [1.807, 2.05) is 24.3 Å². The highest BCUT2D eigenvalue weighted by molar-refractivity contribution is 6.06. The molecule has 0 spiro atoms. The number of aryl methyl sites for hydroxylation is 3. The van der Waals surface area contributed by atoms with Crippen molar-refractivity contribution >= 4 is 51.1 Å². The summed E-state index contributed by atoms with van der Waals surface area (Å²) in [4.78, 5) is 2.39. The molecule has 0 amide bonds. The summed E-state index contributed by atoms with van der Waals surface area (Å²) in [6, 6.07) is 64.9. The minimum absolute atomic E-state index is 0.0183. The quantitative estimate of drug-likeness (QED) is 0.126. The van der Waals surface area contributed by atoms with Gasteiger partial charge in [0.1, 0.15) is 5.75 Å². The van der Waals surface area contributed by atoms with Crippen LogP contribution in [0.25, 0.3) is 34.1 Å². The fourth-order valence-electron chi connectivity index (χ4n) is 7.77. The van der Waals surface area contributed by atoms with Crippen molar-refractivity contribution in [3.63, 3.8) is 0 Å². The van der Waals surface area contributed by atoms with Crippen LogP contribution in [0.2, 0.25) is 0 Å². The van der Waals surface area contributed by atoms with E-state index in [-0.39, 0.29) is 6.61 Å². The number of aliphatic hydroxyl groups is 1. The first-order chi connectivity index (χ1) is 28.9. The van der Waals surface area contributed by atoms with Gasteiger partial charge >= 0.3 is 0 Å². The van der Waals surface area contributed by atoms with E-state index in [9.17, 15) is 5.11 Å². The van der Waals surface area contributed by atoms with Crippen molar-refractivity contribution in [2.45, 2.75) is 33.8 Å². The third-order valence-corrected chi connectivity index (χ3v) is 11.0. The normalized spacial score (nSPS) is 11.4. The van der Waals surface area contributed by atoms with Gasteiger partial charge in [0.05, 0.1) is 19.4 Å².